The van der Waals surface area contributed by atoms with Crippen LogP contribution >= 0.6 is 0 Å². The van der Waals surface area contributed by atoms with Crippen molar-refractivity contribution in [3.8, 4) is 5.75 Å². The molecule has 0 radical (unpaired) electrons. The quantitative estimate of drug-likeness (QED) is 0.836. The van der Waals surface area contributed by atoms with Crippen molar-refractivity contribution in [2.45, 2.75) is 19.3 Å². The normalized spacial score (nSPS) is 14.8. The number of nitrogens with zero attached hydrogens (tertiary/aromatic N) is 1. The third-order valence-corrected chi connectivity index (χ3v) is 3.30. The number of aryl methyl sites for hydroxylation is 1. The molecular formula is C14H17NO4. The lowest BCUT2D eigenvalue weighted by Gasteiger charge is -2.20. The number of benzene rings is 1. The van der Waals surface area contributed by atoms with Crippen LogP contribution in [0.2, 0.25) is 0 Å². The van der Waals surface area contributed by atoms with Crippen molar-refractivity contribution >= 4 is 11.9 Å². The van der Waals surface area contributed by atoms with Gasteiger partial charge in [0.2, 0.25) is 0 Å². The molecule has 1 N–H and O–H groups in total. The van der Waals surface area contributed by atoms with Crippen LogP contribution in [0.5, 0.6) is 5.75 Å². The van der Waals surface area contributed by atoms with E-state index in [1.54, 1.807) is 17.0 Å². The Morgan fingerprint density at radius 2 is 2.26 bits per heavy atom. The monoisotopic (exact) mass is 263 g/mol. The van der Waals surface area contributed by atoms with Gasteiger partial charge >= 0.3 is 5.97 Å². The van der Waals surface area contributed by atoms with E-state index in [1.165, 1.54) is 13.2 Å². The van der Waals surface area contributed by atoms with Gasteiger partial charge in [-0.15, -0.1) is 0 Å². The van der Waals surface area contributed by atoms with Crippen LogP contribution in [0.25, 0.3) is 0 Å². The van der Waals surface area contributed by atoms with Gasteiger partial charge in [0.15, 0.2) is 0 Å². The lowest BCUT2D eigenvalue weighted by molar-refractivity contribution is -0.140. The van der Waals surface area contributed by atoms with Crippen molar-refractivity contribution < 1.29 is 19.4 Å². The van der Waals surface area contributed by atoms with Crippen LogP contribution in [-0.2, 0) is 16.0 Å². The number of phenolic OH excluding ortho intramolecular Hbond substituents is 1. The molecule has 1 aliphatic heterocycles. The highest BCUT2D eigenvalue weighted by Crippen LogP contribution is 2.23. The smallest absolute Gasteiger partial charge is 0.307 e. The number of phenols is 1. The lowest BCUT2D eigenvalue weighted by Crippen LogP contribution is -2.33. The van der Waals surface area contributed by atoms with Crippen LogP contribution in [0.1, 0.15) is 28.8 Å². The zero-order valence-electron chi connectivity index (χ0n) is 10.9. The van der Waals surface area contributed by atoms with Gasteiger partial charge in [-0.3, -0.25) is 9.59 Å². The summed E-state index contributed by atoms with van der Waals surface area (Å²) in [7, 11) is 1.33. The van der Waals surface area contributed by atoms with Crippen LogP contribution in [0.15, 0.2) is 18.2 Å². The summed E-state index contributed by atoms with van der Waals surface area (Å²) in [5, 5.41) is 9.50. The number of esters is 1. The number of amides is 1. The van der Waals surface area contributed by atoms with Crippen LogP contribution in [-0.4, -0.2) is 42.1 Å². The molecule has 0 saturated carbocycles. The van der Waals surface area contributed by atoms with E-state index in [4.69, 9.17) is 0 Å². The summed E-state index contributed by atoms with van der Waals surface area (Å²) >= 11 is 0. The molecule has 102 valence electrons. The van der Waals surface area contributed by atoms with Crippen LogP contribution in [0, 0.1) is 0 Å². The van der Waals surface area contributed by atoms with Gasteiger partial charge in [0, 0.05) is 18.7 Å². The average molecular weight is 263 g/mol. The van der Waals surface area contributed by atoms with Gasteiger partial charge in [0.05, 0.1) is 13.5 Å². The first-order valence-electron chi connectivity index (χ1n) is 6.30. The van der Waals surface area contributed by atoms with Gasteiger partial charge in [-0.2, -0.15) is 0 Å². The SMILES string of the molecule is COC(=O)CCN1CCCc2ccc(O)cc2C1=O. The van der Waals surface area contributed by atoms with Gasteiger partial charge in [-0.1, -0.05) is 6.07 Å². The van der Waals surface area contributed by atoms with E-state index in [9.17, 15) is 14.7 Å². The largest absolute Gasteiger partial charge is 0.508 e. The second kappa shape index (κ2) is 5.73. The fourth-order valence-electron chi connectivity index (χ4n) is 2.26. The van der Waals surface area contributed by atoms with Gasteiger partial charge in [-0.05, 0) is 30.5 Å². The predicted octanol–water partition coefficient (Wildman–Crippen LogP) is 1.34. The Morgan fingerprint density at radius 3 is 3.00 bits per heavy atom. The topological polar surface area (TPSA) is 66.8 Å². The molecule has 5 nitrogen and oxygen atoms in total. The molecule has 0 saturated heterocycles. The third kappa shape index (κ3) is 3.05. The van der Waals surface area contributed by atoms with E-state index >= 15 is 0 Å². The predicted molar refractivity (Wildman–Crippen MR) is 69.0 cm³/mol. The van der Waals surface area contributed by atoms with Crippen molar-refractivity contribution in [1.29, 1.82) is 0 Å². The Labute approximate surface area is 111 Å². The van der Waals surface area contributed by atoms with Crippen molar-refractivity contribution in [2.75, 3.05) is 20.2 Å². The first-order valence-corrected chi connectivity index (χ1v) is 6.30. The fraction of sp³-hybridized carbons (Fsp3) is 0.429. The summed E-state index contributed by atoms with van der Waals surface area (Å²) in [6.45, 7) is 0.964. The molecule has 0 unspecified atom stereocenters. The Morgan fingerprint density at radius 1 is 1.47 bits per heavy atom. The molecule has 1 amide bonds. The first kappa shape index (κ1) is 13.4. The minimum Gasteiger partial charge on any atom is -0.508 e. The molecule has 0 atom stereocenters. The van der Waals surface area contributed by atoms with E-state index in [2.05, 4.69) is 4.74 Å². The standard InChI is InChI=1S/C14H17NO4/c1-19-13(17)6-8-15-7-2-3-10-4-5-11(16)9-12(10)14(15)18/h4-5,9,16H,2-3,6-8H2,1H3. The number of methoxy groups -OCH3 is 1. The second-order valence-corrected chi connectivity index (χ2v) is 4.56. The molecule has 1 aliphatic rings. The molecule has 0 spiro atoms. The summed E-state index contributed by atoms with van der Waals surface area (Å²) < 4.78 is 4.58. The fourth-order valence-corrected chi connectivity index (χ4v) is 2.26. The van der Waals surface area contributed by atoms with Crippen molar-refractivity contribution in [1.82, 2.24) is 4.90 Å². The van der Waals surface area contributed by atoms with Crippen LogP contribution in [0.4, 0.5) is 0 Å². The number of carbonyl (C=O) groups excluding carboxylic acids is 2. The van der Waals surface area contributed by atoms with Crippen molar-refractivity contribution in [3.63, 3.8) is 0 Å². The Kier molecular flexibility index (Phi) is 4.04. The molecule has 5 heteroatoms. The highest BCUT2D eigenvalue weighted by atomic mass is 16.5. The van der Waals surface area contributed by atoms with Crippen LogP contribution < -0.4 is 0 Å². The maximum absolute atomic E-state index is 12.4. The number of rotatable bonds is 3. The van der Waals surface area contributed by atoms with Crippen LogP contribution in [0.3, 0.4) is 0 Å². The zero-order chi connectivity index (χ0) is 13.8. The highest BCUT2D eigenvalue weighted by molar-refractivity contribution is 5.96. The number of hydrogen-bond donors (Lipinski definition) is 1. The molecule has 0 aromatic heterocycles. The van der Waals surface area contributed by atoms with Crippen molar-refractivity contribution in [3.05, 3.63) is 29.3 Å². The minimum absolute atomic E-state index is 0.0851. The third-order valence-electron chi connectivity index (χ3n) is 3.30. The zero-order valence-corrected chi connectivity index (χ0v) is 10.9. The first-order chi connectivity index (χ1) is 9.11. The Bertz CT molecular complexity index is 498. The Hall–Kier alpha value is -2.04. The summed E-state index contributed by atoms with van der Waals surface area (Å²) in [5.74, 6) is -0.373. The van der Waals surface area contributed by atoms with E-state index in [-0.39, 0.29) is 24.0 Å². The number of carbonyl (C=O) groups is 2. The molecule has 0 bridgehead atoms. The van der Waals surface area contributed by atoms with Gasteiger partial charge in [0.1, 0.15) is 5.75 Å². The van der Waals surface area contributed by atoms with Crippen molar-refractivity contribution in [2.24, 2.45) is 0 Å². The van der Waals surface area contributed by atoms with E-state index in [0.717, 1.165) is 18.4 Å². The van der Waals surface area contributed by atoms with Gasteiger partial charge < -0.3 is 14.7 Å². The molecule has 0 aliphatic carbocycles. The number of aromatic hydroxyl groups is 1. The van der Waals surface area contributed by atoms with Gasteiger partial charge in [-0.25, -0.2) is 0 Å². The molecule has 19 heavy (non-hydrogen) atoms. The summed E-state index contributed by atoms with van der Waals surface area (Å²) in [5.41, 5.74) is 1.48. The molecule has 1 aromatic carbocycles. The highest BCUT2D eigenvalue weighted by Gasteiger charge is 2.23. The maximum Gasteiger partial charge on any atom is 0.307 e. The maximum atomic E-state index is 12.4. The Balaban J connectivity index is 2.16. The number of fused-ring (bicyclic) bond motifs is 1. The molecular weight excluding hydrogens is 246 g/mol. The summed E-state index contributed by atoms with van der Waals surface area (Å²) in [6, 6.07) is 4.87. The molecule has 1 heterocycles. The average Bonchev–Trinajstić information content (AvgIpc) is 2.56. The molecule has 1 aromatic rings. The summed E-state index contributed by atoms with van der Waals surface area (Å²) in [4.78, 5) is 25.1. The van der Waals surface area contributed by atoms with E-state index < -0.39 is 0 Å². The van der Waals surface area contributed by atoms with E-state index in [1.807, 2.05) is 0 Å². The molecule has 0 fully saturated rings. The molecule has 2 rings (SSSR count). The lowest BCUT2D eigenvalue weighted by atomic mass is 10.0. The van der Waals surface area contributed by atoms with Gasteiger partial charge in [0.25, 0.3) is 5.91 Å². The van der Waals surface area contributed by atoms with E-state index in [0.29, 0.717) is 18.7 Å². The number of hydrogen-bond acceptors (Lipinski definition) is 4. The summed E-state index contributed by atoms with van der Waals surface area (Å²) in [6.07, 6.45) is 1.84. The number of ether oxygens (including phenoxy) is 1. The minimum atomic E-state index is -0.326. The second-order valence-electron chi connectivity index (χ2n) is 4.56.